The van der Waals surface area contributed by atoms with Crippen molar-refractivity contribution in [3.8, 4) is 0 Å². The predicted octanol–water partition coefficient (Wildman–Crippen LogP) is 2.63. The van der Waals surface area contributed by atoms with Crippen LogP contribution in [-0.4, -0.2) is 16.1 Å². The van der Waals surface area contributed by atoms with E-state index in [4.69, 9.17) is 5.11 Å². The van der Waals surface area contributed by atoms with Gasteiger partial charge in [-0.1, -0.05) is 30.3 Å². The maximum Gasteiger partial charge on any atom is 0.337 e. The first-order valence-electron chi connectivity index (χ1n) is 6.13. The second-order valence-corrected chi connectivity index (χ2v) is 4.36. The standard InChI is InChI=1S/C15H16N2O2/c1-11(12-5-3-2-4-6-12)16-10-14-8-7-13(9-17-14)15(18)19/h2-9,11,16H,10H2,1H3,(H,18,19)/t11-/m1/s1. The molecule has 1 heterocycles. The highest BCUT2D eigenvalue weighted by atomic mass is 16.4. The second-order valence-electron chi connectivity index (χ2n) is 4.36. The Morgan fingerprint density at radius 2 is 2.00 bits per heavy atom. The lowest BCUT2D eigenvalue weighted by Crippen LogP contribution is -2.18. The van der Waals surface area contributed by atoms with Gasteiger partial charge in [0.2, 0.25) is 0 Å². The molecule has 2 aromatic rings. The molecule has 2 rings (SSSR count). The summed E-state index contributed by atoms with van der Waals surface area (Å²) in [6.07, 6.45) is 1.38. The zero-order chi connectivity index (χ0) is 13.7. The van der Waals surface area contributed by atoms with E-state index in [1.54, 1.807) is 12.1 Å². The van der Waals surface area contributed by atoms with Crippen LogP contribution in [0.5, 0.6) is 0 Å². The minimum Gasteiger partial charge on any atom is -0.478 e. The molecule has 0 aliphatic carbocycles. The molecule has 2 N–H and O–H groups in total. The molecule has 19 heavy (non-hydrogen) atoms. The van der Waals surface area contributed by atoms with Gasteiger partial charge in [-0.25, -0.2) is 4.79 Å². The number of pyridine rings is 1. The van der Waals surface area contributed by atoms with Gasteiger partial charge >= 0.3 is 5.97 Å². The van der Waals surface area contributed by atoms with Gasteiger partial charge in [-0.05, 0) is 24.6 Å². The van der Waals surface area contributed by atoms with Crippen molar-refractivity contribution in [1.29, 1.82) is 0 Å². The van der Waals surface area contributed by atoms with Crippen molar-refractivity contribution in [2.45, 2.75) is 19.5 Å². The van der Waals surface area contributed by atoms with Crippen molar-refractivity contribution in [2.24, 2.45) is 0 Å². The van der Waals surface area contributed by atoms with E-state index in [0.717, 1.165) is 5.69 Å². The number of hydrogen-bond acceptors (Lipinski definition) is 3. The van der Waals surface area contributed by atoms with Gasteiger partial charge in [-0.15, -0.1) is 0 Å². The smallest absolute Gasteiger partial charge is 0.337 e. The normalized spacial score (nSPS) is 12.1. The van der Waals surface area contributed by atoms with Gasteiger partial charge in [0, 0.05) is 18.8 Å². The average molecular weight is 256 g/mol. The number of nitrogens with one attached hydrogen (secondary N) is 1. The molecule has 1 aromatic heterocycles. The Balaban J connectivity index is 1.93. The van der Waals surface area contributed by atoms with E-state index in [2.05, 4.69) is 29.4 Å². The number of aromatic nitrogens is 1. The minimum absolute atomic E-state index is 0.208. The third kappa shape index (κ3) is 3.63. The van der Waals surface area contributed by atoms with Crippen molar-refractivity contribution >= 4 is 5.97 Å². The Labute approximate surface area is 112 Å². The molecule has 0 fully saturated rings. The van der Waals surface area contributed by atoms with Crippen LogP contribution >= 0.6 is 0 Å². The van der Waals surface area contributed by atoms with Gasteiger partial charge < -0.3 is 10.4 Å². The number of rotatable bonds is 5. The van der Waals surface area contributed by atoms with Gasteiger partial charge in [0.15, 0.2) is 0 Å². The number of carboxylic acid groups (broad SMARTS) is 1. The lowest BCUT2D eigenvalue weighted by atomic mass is 10.1. The van der Waals surface area contributed by atoms with Gasteiger partial charge in [-0.3, -0.25) is 4.98 Å². The summed E-state index contributed by atoms with van der Waals surface area (Å²) in [5.41, 5.74) is 2.25. The molecule has 0 radical (unpaired) electrons. The van der Waals surface area contributed by atoms with Crippen LogP contribution in [0.4, 0.5) is 0 Å². The van der Waals surface area contributed by atoms with Crippen LogP contribution < -0.4 is 5.32 Å². The number of nitrogens with zero attached hydrogens (tertiary/aromatic N) is 1. The van der Waals surface area contributed by atoms with Gasteiger partial charge in [0.25, 0.3) is 0 Å². The van der Waals surface area contributed by atoms with Crippen LogP contribution in [0, 0.1) is 0 Å². The highest BCUT2D eigenvalue weighted by molar-refractivity contribution is 5.87. The molecule has 0 bridgehead atoms. The molecule has 1 atom stereocenters. The summed E-state index contributed by atoms with van der Waals surface area (Å²) >= 11 is 0. The zero-order valence-corrected chi connectivity index (χ0v) is 10.7. The van der Waals surface area contributed by atoms with E-state index in [1.807, 2.05) is 18.2 Å². The highest BCUT2D eigenvalue weighted by Gasteiger charge is 2.06. The molecule has 98 valence electrons. The quantitative estimate of drug-likeness (QED) is 0.863. The maximum absolute atomic E-state index is 10.7. The number of benzene rings is 1. The number of carboxylic acids is 1. The molecular weight excluding hydrogens is 240 g/mol. The predicted molar refractivity (Wildman–Crippen MR) is 72.9 cm³/mol. The van der Waals surface area contributed by atoms with Gasteiger partial charge in [0.1, 0.15) is 0 Å². The molecular formula is C15H16N2O2. The molecule has 4 nitrogen and oxygen atoms in total. The van der Waals surface area contributed by atoms with Crippen LogP contribution in [0.15, 0.2) is 48.7 Å². The topological polar surface area (TPSA) is 62.2 Å². The summed E-state index contributed by atoms with van der Waals surface area (Å²) < 4.78 is 0. The van der Waals surface area contributed by atoms with Crippen LogP contribution in [0.25, 0.3) is 0 Å². The van der Waals surface area contributed by atoms with Crippen LogP contribution in [0.1, 0.15) is 34.6 Å². The molecule has 0 aliphatic heterocycles. The first-order valence-corrected chi connectivity index (χ1v) is 6.13. The third-order valence-electron chi connectivity index (χ3n) is 2.96. The zero-order valence-electron chi connectivity index (χ0n) is 10.7. The van der Waals surface area contributed by atoms with Crippen molar-refractivity contribution < 1.29 is 9.90 Å². The Morgan fingerprint density at radius 3 is 2.58 bits per heavy atom. The van der Waals surface area contributed by atoms with Crippen LogP contribution in [0.3, 0.4) is 0 Å². The van der Waals surface area contributed by atoms with Crippen LogP contribution in [0.2, 0.25) is 0 Å². The maximum atomic E-state index is 10.7. The van der Waals surface area contributed by atoms with Crippen molar-refractivity contribution in [1.82, 2.24) is 10.3 Å². The first-order chi connectivity index (χ1) is 9.16. The molecule has 0 unspecified atom stereocenters. The molecule has 4 heteroatoms. The van der Waals surface area contributed by atoms with Crippen molar-refractivity contribution in [3.63, 3.8) is 0 Å². The Hall–Kier alpha value is -2.20. The van der Waals surface area contributed by atoms with Gasteiger partial charge in [-0.2, -0.15) is 0 Å². The molecule has 1 aromatic carbocycles. The monoisotopic (exact) mass is 256 g/mol. The third-order valence-corrected chi connectivity index (χ3v) is 2.96. The van der Waals surface area contributed by atoms with Crippen molar-refractivity contribution in [2.75, 3.05) is 0 Å². The lowest BCUT2D eigenvalue weighted by Gasteiger charge is -2.13. The van der Waals surface area contributed by atoms with Crippen LogP contribution in [-0.2, 0) is 6.54 Å². The molecule has 0 saturated carbocycles. The summed E-state index contributed by atoms with van der Waals surface area (Å²) in [5.74, 6) is -0.954. The number of hydrogen-bond donors (Lipinski definition) is 2. The molecule has 0 saturated heterocycles. The first kappa shape index (κ1) is 13.2. The van der Waals surface area contributed by atoms with E-state index in [0.29, 0.717) is 6.54 Å². The Morgan fingerprint density at radius 1 is 1.26 bits per heavy atom. The van der Waals surface area contributed by atoms with E-state index in [9.17, 15) is 4.79 Å². The summed E-state index contributed by atoms with van der Waals surface area (Å²) in [6, 6.07) is 13.7. The largest absolute Gasteiger partial charge is 0.478 e. The summed E-state index contributed by atoms with van der Waals surface area (Å²) in [7, 11) is 0. The van der Waals surface area contributed by atoms with Gasteiger partial charge in [0.05, 0.1) is 11.3 Å². The number of carbonyl (C=O) groups is 1. The molecule has 0 spiro atoms. The molecule has 0 aliphatic rings. The van der Waals surface area contributed by atoms with E-state index >= 15 is 0 Å². The van der Waals surface area contributed by atoms with E-state index in [1.165, 1.54) is 11.8 Å². The summed E-state index contributed by atoms with van der Waals surface area (Å²) in [6.45, 7) is 2.69. The Bertz CT molecular complexity index is 538. The fourth-order valence-electron chi connectivity index (χ4n) is 1.77. The molecule has 0 amide bonds. The lowest BCUT2D eigenvalue weighted by molar-refractivity contribution is 0.0696. The van der Waals surface area contributed by atoms with E-state index in [-0.39, 0.29) is 11.6 Å². The van der Waals surface area contributed by atoms with Crippen molar-refractivity contribution in [3.05, 3.63) is 65.5 Å². The minimum atomic E-state index is -0.954. The second kappa shape index (κ2) is 6.11. The van der Waals surface area contributed by atoms with E-state index < -0.39 is 5.97 Å². The fourth-order valence-corrected chi connectivity index (χ4v) is 1.77. The number of aromatic carboxylic acids is 1. The Kier molecular flexibility index (Phi) is 4.26. The summed E-state index contributed by atoms with van der Waals surface area (Å²) in [5, 5.41) is 12.1. The average Bonchev–Trinajstić information content (AvgIpc) is 2.46. The SMILES string of the molecule is C[C@@H](NCc1ccc(C(=O)O)cn1)c1ccccc1. The highest BCUT2D eigenvalue weighted by Crippen LogP contribution is 2.11. The summed E-state index contributed by atoms with van der Waals surface area (Å²) in [4.78, 5) is 14.8. The fraction of sp³-hybridized carbons (Fsp3) is 0.200.